The summed E-state index contributed by atoms with van der Waals surface area (Å²) in [5, 5.41) is 13.9. The average molecular weight is 348 g/mol. The summed E-state index contributed by atoms with van der Waals surface area (Å²) >= 11 is 0. The topological polar surface area (TPSA) is 78.7 Å². The van der Waals surface area contributed by atoms with Gasteiger partial charge in [-0.3, -0.25) is 24.7 Å². The van der Waals surface area contributed by atoms with Crippen LogP contribution in [0.2, 0.25) is 0 Å². The van der Waals surface area contributed by atoms with E-state index in [4.69, 9.17) is 0 Å². The fourth-order valence-corrected chi connectivity index (χ4v) is 3.04. The Morgan fingerprint density at radius 1 is 1.28 bits per heavy atom. The molecule has 2 rings (SSSR count). The Kier molecular flexibility index (Phi) is 6.90. The van der Waals surface area contributed by atoms with Crippen LogP contribution in [-0.4, -0.2) is 59.4 Å². The molecule has 0 bridgehead atoms. The molecule has 0 spiro atoms. The van der Waals surface area contributed by atoms with Gasteiger partial charge in [0.2, 0.25) is 5.91 Å². The van der Waals surface area contributed by atoms with Crippen molar-refractivity contribution in [2.24, 2.45) is 0 Å². The minimum absolute atomic E-state index is 0.0783. The third kappa shape index (κ3) is 5.51. The Morgan fingerprint density at radius 2 is 1.96 bits per heavy atom. The molecule has 1 heterocycles. The Balaban J connectivity index is 1.86. The van der Waals surface area contributed by atoms with E-state index in [-0.39, 0.29) is 28.6 Å². The van der Waals surface area contributed by atoms with Crippen molar-refractivity contribution < 1.29 is 9.72 Å². The zero-order valence-corrected chi connectivity index (χ0v) is 15.3. The molecule has 0 radical (unpaired) electrons. The maximum Gasteiger partial charge on any atom is 0.269 e. The molecule has 1 fully saturated rings. The van der Waals surface area contributed by atoms with Crippen LogP contribution < -0.4 is 5.32 Å². The van der Waals surface area contributed by atoms with Crippen LogP contribution in [0, 0.1) is 10.1 Å². The van der Waals surface area contributed by atoms with Gasteiger partial charge in [-0.25, -0.2) is 0 Å². The number of hydrogen-bond acceptors (Lipinski definition) is 5. The average Bonchev–Trinajstić information content (AvgIpc) is 2.61. The van der Waals surface area contributed by atoms with Gasteiger partial charge in [-0.1, -0.05) is 19.1 Å². The van der Waals surface area contributed by atoms with Gasteiger partial charge in [-0.2, -0.15) is 0 Å². The van der Waals surface area contributed by atoms with Gasteiger partial charge >= 0.3 is 0 Å². The summed E-state index contributed by atoms with van der Waals surface area (Å²) in [6, 6.07) is 7.17. The monoisotopic (exact) mass is 348 g/mol. The number of piperazine rings is 1. The van der Waals surface area contributed by atoms with Crippen LogP contribution in [0.25, 0.3) is 0 Å². The van der Waals surface area contributed by atoms with E-state index in [1.54, 1.807) is 12.1 Å². The van der Waals surface area contributed by atoms with Gasteiger partial charge in [0.1, 0.15) is 0 Å². The lowest BCUT2D eigenvalue weighted by molar-refractivity contribution is -0.385. The van der Waals surface area contributed by atoms with Crippen molar-refractivity contribution in [2.45, 2.75) is 39.3 Å². The summed E-state index contributed by atoms with van der Waals surface area (Å²) in [6.07, 6.45) is 0.931. The second-order valence-corrected chi connectivity index (χ2v) is 6.72. The summed E-state index contributed by atoms with van der Waals surface area (Å²) in [4.78, 5) is 27.0. The third-order valence-corrected chi connectivity index (χ3v) is 4.91. The number of carbonyl (C=O) groups excluding carboxylic acids is 1. The highest BCUT2D eigenvalue weighted by atomic mass is 16.6. The second kappa shape index (κ2) is 8.92. The van der Waals surface area contributed by atoms with Gasteiger partial charge in [0, 0.05) is 50.4 Å². The van der Waals surface area contributed by atoms with Crippen LogP contribution in [0.15, 0.2) is 24.3 Å². The van der Waals surface area contributed by atoms with E-state index in [0.29, 0.717) is 6.54 Å². The fourth-order valence-electron chi connectivity index (χ4n) is 3.04. The Labute approximate surface area is 149 Å². The Morgan fingerprint density at radius 3 is 2.56 bits per heavy atom. The number of amides is 1. The fraction of sp³-hybridized carbons (Fsp3) is 0.611. The van der Waals surface area contributed by atoms with Gasteiger partial charge in [-0.05, 0) is 25.8 Å². The first kappa shape index (κ1) is 19.3. The Hall–Kier alpha value is -1.99. The number of hydrogen-bond donors (Lipinski definition) is 1. The van der Waals surface area contributed by atoms with Crippen LogP contribution in [0.1, 0.15) is 38.8 Å². The van der Waals surface area contributed by atoms with Gasteiger partial charge in [-0.15, -0.1) is 0 Å². The number of carbonyl (C=O) groups is 1. The minimum Gasteiger partial charge on any atom is -0.353 e. The SMILES string of the molecule is CCC(C)NC(=O)CN1CCN(C(C)c2cccc([N+](=O)[O-])c2)CC1. The number of nitro benzene ring substituents is 1. The largest absolute Gasteiger partial charge is 0.353 e. The van der Waals surface area contributed by atoms with Crippen molar-refractivity contribution in [3.05, 3.63) is 39.9 Å². The first-order valence-electron chi connectivity index (χ1n) is 8.90. The summed E-state index contributed by atoms with van der Waals surface area (Å²) < 4.78 is 0. The van der Waals surface area contributed by atoms with E-state index in [1.807, 2.05) is 13.0 Å². The van der Waals surface area contributed by atoms with Crippen molar-refractivity contribution in [2.75, 3.05) is 32.7 Å². The van der Waals surface area contributed by atoms with Crippen molar-refractivity contribution in [1.29, 1.82) is 0 Å². The first-order chi connectivity index (χ1) is 11.9. The summed E-state index contributed by atoms with van der Waals surface area (Å²) in [5.41, 5.74) is 1.09. The summed E-state index contributed by atoms with van der Waals surface area (Å²) in [7, 11) is 0. The van der Waals surface area contributed by atoms with Gasteiger partial charge in [0.25, 0.3) is 5.69 Å². The predicted octanol–water partition coefficient (Wildman–Crippen LogP) is 2.19. The van der Waals surface area contributed by atoms with Gasteiger partial charge in [0.05, 0.1) is 11.5 Å². The van der Waals surface area contributed by atoms with Gasteiger partial charge < -0.3 is 5.32 Å². The highest BCUT2D eigenvalue weighted by Crippen LogP contribution is 2.24. The maximum atomic E-state index is 12.0. The smallest absolute Gasteiger partial charge is 0.269 e. The van der Waals surface area contributed by atoms with E-state index in [2.05, 4.69) is 29.0 Å². The zero-order chi connectivity index (χ0) is 18.4. The molecular weight excluding hydrogens is 320 g/mol. The molecule has 2 atom stereocenters. The predicted molar refractivity (Wildman–Crippen MR) is 97.4 cm³/mol. The van der Waals surface area contributed by atoms with Gasteiger partial charge in [0.15, 0.2) is 0 Å². The highest BCUT2D eigenvalue weighted by molar-refractivity contribution is 5.78. The Bertz CT molecular complexity index is 600. The molecule has 1 aliphatic heterocycles. The molecule has 1 saturated heterocycles. The van der Waals surface area contributed by atoms with E-state index in [0.717, 1.165) is 38.2 Å². The lowest BCUT2D eigenvalue weighted by Gasteiger charge is -2.38. The normalized spacial score (nSPS) is 18.5. The molecule has 0 saturated carbocycles. The third-order valence-electron chi connectivity index (χ3n) is 4.91. The standard InChI is InChI=1S/C18H28N4O3/c1-4-14(2)19-18(23)13-20-8-10-21(11-9-20)15(3)16-6-5-7-17(12-16)22(24)25/h5-7,12,14-15H,4,8-11,13H2,1-3H3,(H,19,23). The number of nitro groups is 1. The summed E-state index contributed by atoms with van der Waals surface area (Å²) in [6.45, 7) is 9.92. The number of nitrogens with zero attached hydrogens (tertiary/aromatic N) is 3. The van der Waals surface area contributed by atoms with Crippen LogP contribution >= 0.6 is 0 Å². The molecule has 1 aromatic carbocycles. The molecule has 1 aliphatic rings. The molecule has 0 aliphatic carbocycles. The van der Waals surface area contributed by atoms with Crippen molar-refractivity contribution in [3.63, 3.8) is 0 Å². The molecule has 1 aromatic rings. The quantitative estimate of drug-likeness (QED) is 0.604. The second-order valence-electron chi connectivity index (χ2n) is 6.72. The number of benzene rings is 1. The highest BCUT2D eigenvalue weighted by Gasteiger charge is 2.24. The summed E-state index contributed by atoms with van der Waals surface area (Å²) in [5.74, 6) is 0.0783. The van der Waals surface area contributed by atoms with E-state index in [1.165, 1.54) is 6.07 Å². The van der Waals surface area contributed by atoms with E-state index >= 15 is 0 Å². The zero-order valence-electron chi connectivity index (χ0n) is 15.3. The molecule has 7 heteroatoms. The molecule has 7 nitrogen and oxygen atoms in total. The number of non-ortho nitro benzene ring substituents is 1. The van der Waals surface area contributed by atoms with Crippen LogP contribution in [-0.2, 0) is 4.79 Å². The molecule has 0 aromatic heterocycles. The maximum absolute atomic E-state index is 12.0. The molecule has 25 heavy (non-hydrogen) atoms. The van der Waals surface area contributed by atoms with Crippen molar-refractivity contribution in [3.8, 4) is 0 Å². The molecule has 1 amide bonds. The van der Waals surface area contributed by atoms with E-state index in [9.17, 15) is 14.9 Å². The first-order valence-corrected chi connectivity index (χ1v) is 8.90. The molecule has 1 N–H and O–H groups in total. The van der Waals surface area contributed by atoms with Crippen LogP contribution in [0.5, 0.6) is 0 Å². The molecular formula is C18H28N4O3. The lowest BCUT2D eigenvalue weighted by atomic mass is 10.1. The number of rotatable bonds is 7. The van der Waals surface area contributed by atoms with E-state index < -0.39 is 0 Å². The minimum atomic E-state index is -0.357. The lowest BCUT2D eigenvalue weighted by Crippen LogP contribution is -2.50. The molecule has 2 unspecified atom stereocenters. The van der Waals surface area contributed by atoms with Crippen molar-refractivity contribution in [1.82, 2.24) is 15.1 Å². The van der Waals surface area contributed by atoms with Crippen molar-refractivity contribution >= 4 is 11.6 Å². The molecule has 138 valence electrons. The number of nitrogens with one attached hydrogen (secondary N) is 1. The van der Waals surface area contributed by atoms with Crippen LogP contribution in [0.3, 0.4) is 0 Å². The van der Waals surface area contributed by atoms with Crippen LogP contribution in [0.4, 0.5) is 5.69 Å².